The maximum absolute atomic E-state index is 11.8. The largest absolute Gasteiger partial charge is 0.430 e. The summed E-state index contributed by atoms with van der Waals surface area (Å²) in [5, 5.41) is 3.80. The third-order valence-electron chi connectivity index (χ3n) is 2.82. The molecule has 1 amide bonds. The van der Waals surface area contributed by atoms with Crippen molar-refractivity contribution in [1.29, 1.82) is 0 Å². The molecule has 7 heteroatoms. The van der Waals surface area contributed by atoms with Gasteiger partial charge in [0.1, 0.15) is 5.76 Å². The molecule has 1 aromatic rings. The molecule has 1 unspecified atom stereocenters. The number of pyridine rings is 1. The third-order valence-corrected chi connectivity index (χ3v) is 2.82. The molecule has 0 spiro atoms. The highest BCUT2D eigenvalue weighted by atomic mass is 16.5. The molecule has 0 saturated carbocycles. The lowest BCUT2D eigenvalue weighted by atomic mass is 9.97. The van der Waals surface area contributed by atoms with Crippen LogP contribution in [0.1, 0.15) is 24.2 Å². The predicted octanol–water partition coefficient (Wildman–Crippen LogP) is 0.833. The van der Waals surface area contributed by atoms with Gasteiger partial charge in [0.2, 0.25) is 0 Å². The van der Waals surface area contributed by atoms with Crippen LogP contribution in [0.2, 0.25) is 0 Å². The average Bonchev–Trinajstić information content (AvgIpc) is 2.44. The van der Waals surface area contributed by atoms with Crippen LogP contribution in [0.5, 0.6) is 0 Å². The van der Waals surface area contributed by atoms with Crippen LogP contribution in [0.3, 0.4) is 0 Å². The molecule has 0 saturated heterocycles. The highest BCUT2D eigenvalue weighted by molar-refractivity contribution is 6.23. The Morgan fingerprint density at radius 2 is 2.00 bits per heavy atom. The van der Waals surface area contributed by atoms with Crippen LogP contribution in [0.15, 0.2) is 41.5 Å². The molecule has 0 fully saturated rings. The van der Waals surface area contributed by atoms with Gasteiger partial charge in [-0.25, -0.2) is 5.43 Å². The van der Waals surface area contributed by atoms with Crippen molar-refractivity contribution >= 4 is 23.4 Å². The van der Waals surface area contributed by atoms with Gasteiger partial charge >= 0.3 is 5.97 Å². The van der Waals surface area contributed by atoms with E-state index in [1.165, 1.54) is 44.4 Å². The van der Waals surface area contributed by atoms with Gasteiger partial charge in [0.15, 0.2) is 11.7 Å². The molecule has 108 valence electrons. The minimum Gasteiger partial charge on any atom is -0.430 e. The van der Waals surface area contributed by atoms with Crippen molar-refractivity contribution in [3.8, 4) is 0 Å². The second kappa shape index (κ2) is 6.08. The van der Waals surface area contributed by atoms with Gasteiger partial charge in [-0.1, -0.05) is 0 Å². The minimum atomic E-state index is -1.12. The van der Waals surface area contributed by atoms with Crippen LogP contribution in [0.25, 0.3) is 0 Å². The number of ether oxygens (including phenoxy) is 1. The number of aromatic nitrogens is 1. The first-order chi connectivity index (χ1) is 9.99. The highest BCUT2D eigenvalue weighted by Crippen LogP contribution is 2.16. The lowest BCUT2D eigenvalue weighted by molar-refractivity contribution is -0.146. The fraction of sp³-hybridized carbons (Fsp3) is 0.214. The molecule has 1 atom stereocenters. The topological polar surface area (TPSA) is 97.7 Å². The van der Waals surface area contributed by atoms with Gasteiger partial charge in [-0.3, -0.25) is 19.4 Å². The first-order valence-corrected chi connectivity index (χ1v) is 6.17. The number of carbonyl (C=O) groups is 3. The van der Waals surface area contributed by atoms with Crippen molar-refractivity contribution in [2.45, 2.75) is 13.8 Å². The van der Waals surface area contributed by atoms with E-state index >= 15 is 0 Å². The lowest BCUT2D eigenvalue weighted by Crippen LogP contribution is -2.35. The van der Waals surface area contributed by atoms with Crippen LogP contribution in [0.4, 0.5) is 0 Å². The summed E-state index contributed by atoms with van der Waals surface area (Å²) in [6, 6.07) is 3.04. The van der Waals surface area contributed by atoms with Crippen LogP contribution >= 0.6 is 0 Å². The number of hydrogen-bond donors (Lipinski definition) is 1. The summed E-state index contributed by atoms with van der Waals surface area (Å²) in [4.78, 5) is 39.1. The van der Waals surface area contributed by atoms with E-state index in [0.29, 0.717) is 5.56 Å². The van der Waals surface area contributed by atoms with Crippen molar-refractivity contribution in [2.75, 3.05) is 0 Å². The van der Waals surface area contributed by atoms with E-state index in [0.717, 1.165) is 0 Å². The molecule has 2 rings (SSSR count). The van der Waals surface area contributed by atoms with E-state index in [1.54, 1.807) is 0 Å². The van der Waals surface area contributed by atoms with E-state index in [1.807, 2.05) is 0 Å². The number of rotatable bonds is 3. The Labute approximate surface area is 120 Å². The number of hydrogen-bond acceptors (Lipinski definition) is 6. The van der Waals surface area contributed by atoms with Crippen molar-refractivity contribution in [1.82, 2.24) is 10.4 Å². The molecule has 1 N–H and O–H groups in total. The summed E-state index contributed by atoms with van der Waals surface area (Å²) >= 11 is 0. The van der Waals surface area contributed by atoms with Crippen molar-refractivity contribution in [3.63, 3.8) is 0 Å². The third kappa shape index (κ3) is 3.38. The Kier molecular flexibility index (Phi) is 4.22. The second-order valence-corrected chi connectivity index (χ2v) is 4.44. The Morgan fingerprint density at radius 1 is 1.33 bits per heavy atom. The molecule has 1 aliphatic heterocycles. The number of carbonyl (C=O) groups excluding carboxylic acids is 3. The number of esters is 1. The highest BCUT2D eigenvalue weighted by Gasteiger charge is 2.34. The number of nitrogens with zero attached hydrogens (tertiary/aromatic N) is 2. The minimum absolute atomic E-state index is 0.163. The first-order valence-electron chi connectivity index (χ1n) is 6.17. The fourth-order valence-electron chi connectivity index (χ4n) is 1.79. The Hall–Kier alpha value is -2.83. The second-order valence-electron chi connectivity index (χ2n) is 4.44. The van der Waals surface area contributed by atoms with Gasteiger partial charge in [0.25, 0.3) is 5.91 Å². The zero-order valence-electron chi connectivity index (χ0n) is 11.5. The molecule has 2 heterocycles. The van der Waals surface area contributed by atoms with Crippen molar-refractivity contribution in [3.05, 3.63) is 41.9 Å². The molecule has 0 bridgehead atoms. The number of amides is 1. The molecular weight excluding hydrogens is 274 g/mol. The lowest BCUT2D eigenvalue weighted by Gasteiger charge is -2.17. The summed E-state index contributed by atoms with van der Waals surface area (Å²) in [5.41, 5.74) is 2.82. The molecule has 1 aromatic heterocycles. The molecule has 7 nitrogen and oxygen atoms in total. The van der Waals surface area contributed by atoms with Gasteiger partial charge in [-0.15, -0.1) is 0 Å². The standard InChI is InChI=1S/C14H13N3O4/c1-8-7-11(18)12(14(20)21-8)9(2)16-17-13(19)10-3-5-15-6-4-10/h3-7,12H,1-2H3,(H,17,19)/b16-9+. The summed E-state index contributed by atoms with van der Waals surface area (Å²) in [5.74, 6) is -2.44. The van der Waals surface area contributed by atoms with E-state index < -0.39 is 23.6 Å². The molecule has 0 radical (unpaired) electrons. The van der Waals surface area contributed by atoms with Crippen molar-refractivity contribution in [2.24, 2.45) is 11.0 Å². The SMILES string of the molecule is CC1=CC(=O)C(/C(C)=N/NC(=O)c2ccncc2)C(=O)O1. The molecule has 0 aromatic carbocycles. The van der Waals surface area contributed by atoms with Crippen LogP contribution in [-0.4, -0.2) is 28.4 Å². The summed E-state index contributed by atoms with van der Waals surface area (Å²) in [7, 11) is 0. The number of ketones is 1. The zero-order chi connectivity index (χ0) is 15.4. The Balaban J connectivity index is 2.10. The van der Waals surface area contributed by atoms with E-state index in [4.69, 9.17) is 4.74 Å². The van der Waals surface area contributed by atoms with Gasteiger partial charge in [0, 0.05) is 24.0 Å². The van der Waals surface area contributed by atoms with Crippen LogP contribution in [-0.2, 0) is 14.3 Å². The average molecular weight is 287 g/mol. The van der Waals surface area contributed by atoms with E-state index in [2.05, 4.69) is 15.5 Å². The molecule has 1 aliphatic rings. The number of hydrazone groups is 1. The van der Waals surface area contributed by atoms with E-state index in [-0.39, 0.29) is 11.5 Å². The monoisotopic (exact) mass is 287 g/mol. The predicted molar refractivity (Wildman–Crippen MR) is 73.2 cm³/mol. The summed E-state index contributed by atoms with van der Waals surface area (Å²) < 4.78 is 4.88. The number of nitrogens with one attached hydrogen (secondary N) is 1. The van der Waals surface area contributed by atoms with Gasteiger partial charge < -0.3 is 4.74 Å². The van der Waals surface area contributed by atoms with Gasteiger partial charge in [-0.05, 0) is 26.0 Å². The number of cyclic esters (lactones) is 1. The van der Waals surface area contributed by atoms with Crippen LogP contribution in [0, 0.1) is 5.92 Å². The Bertz CT molecular complexity index is 649. The Morgan fingerprint density at radius 3 is 2.62 bits per heavy atom. The number of allylic oxidation sites excluding steroid dienone is 2. The van der Waals surface area contributed by atoms with Crippen molar-refractivity contribution < 1.29 is 19.1 Å². The smallest absolute Gasteiger partial charge is 0.327 e. The fourth-order valence-corrected chi connectivity index (χ4v) is 1.79. The van der Waals surface area contributed by atoms with Crippen LogP contribution < -0.4 is 5.43 Å². The summed E-state index contributed by atoms with van der Waals surface area (Å²) in [6.07, 6.45) is 4.18. The maximum atomic E-state index is 11.8. The quantitative estimate of drug-likeness (QED) is 0.384. The molecular formula is C14H13N3O4. The maximum Gasteiger partial charge on any atom is 0.327 e. The van der Waals surface area contributed by atoms with Gasteiger partial charge in [-0.2, -0.15) is 5.10 Å². The van der Waals surface area contributed by atoms with Gasteiger partial charge in [0.05, 0.1) is 5.71 Å². The molecule has 0 aliphatic carbocycles. The zero-order valence-corrected chi connectivity index (χ0v) is 11.5. The first kappa shape index (κ1) is 14.6. The normalized spacial score (nSPS) is 18.9. The summed E-state index contributed by atoms with van der Waals surface area (Å²) in [6.45, 7) is 2.99. The van der Waals surface area contributed by atoms with E-state index in [9.17, 15) is 14.4 Å². The molecule has 21 heavy (non-hydrogen) atoms.